The minimum atomic E-state index is 0.795. The van der Waals surface area contributed by atoms with Crippen molar-refractivity contribution in [3.63, 3.8) is 0 Å². The van der Waals surface area contributed by atoms with Crippen molar-refractivity contribution in [3.05, 3.63) is 193 Å². The van der Waals surface area contributed by atoms with E-state index in [0.717, 1.165) is 56.5 Å². The number of nitrogens with zero attached hydrogens (tertiary/aromatic N) is 1. The molecule has 0 amide bonds. The van der Waals surface area contributed by atoms with Crippen LogP contribution in [0.4, 0.5) is 0 Å². The van der Waals surface area contributed by atoms with E-state index in [-0.39, 0.29) is 0 Å². The fraction of sp³-hybridized carbons (Fsp3) is 0.0208. The van der Waals surface area contributed by atoms with Gasteiger partial charge in [-0.2, -0.15) is 0 Å². The Morgan fingerprint density at radius 1 is 0.420 bits per heavy atom. The van der Waals surface area contributed by atoms with E-state index in [0.29, 0.717) is 0 Å². The van der Waals surface area contributed by atoms with E-state index in [4.69, 9.17) is 9.41 Å². The van der Waals surface area contributed by atoms with E-state index in [9.17, 15) is 0 Å². The Bertz CT molecular complexity index is 2840. The standard InChI is InChI=1S/C48H31NO/c1-3-12-31(13-4-1)34-24-27-44(32-14-5-2-6-15-32)49-45(29-34)41-20-11-21-46-48(41)42-26-23-35(30-47(42)50-46)33-22-25-40-38-18-8-7-16-36(38)37-17-9-10-19-39(37)43(40)28-33/h1-23,25-30H,24H2. The summed E-state index contributed by atoms with van der Waals surface area (Å²) in [6, 6.07) is 58.4. The van der Waals surface area contributed by atoms with Crippen molar-refractivity contribution in [2.24, 2.45) is 4.99 Å². The van der Waals surface area contributed by atoms with Crippen LogP contribution >= 0.6 is 0 Å². The summed E-state index contributed by atoms with van der Waals surface area (Å²) >= 11 is 0. The van der Waals surface area contributed by atoms with Crippen LogP contribution in [0.2, 0.25) is 0 Å². The van der Waals surface area contributed by atoms with Crippen LogP contribution in [0.1, 0.15) is 23.1 Å². The van der Waals surface area contributed by atoms with Gasteiger partial charge >= 0.3 is 0 Å². The number of fused-ring (bicyclic) bond motifs is 9. The van der Waals surface area contributed by atoms with Gasteiger partial charge in [0, 0.05) is 16.3 Å². The molecule has 0 N–H and O–H groups in total. The second-order valence-electron chi connectivity index (χ2n) is 13.0. The monoisotopic (exact) mass is 637 g/mol. The van der Waals surface area contributed by atoms with E-state index >= 15 is 0 Å². The Balaban J connectivity index is 1.13. The first-order valence-corrected chi connectivity index (χ1v) is 17.2. The van der Waals surface area contributed by atoms with Crippen LogP contribution in [0.15, 0.2) is 185 Å². The van der Waals surface area contributed by atoms with E-state index in [1.165, 1.54) is 49.0 Å². The summed E-state index contributed by atoms with van der Waals surface area (Å²) in [6.45, 7) is 0. The van der Waals surface area contributed by atoms with Gasteiger partial charge in [0.1, 0.15) is 11.2 Å². The number of hydrogen-bond acceptors (Lipinski definition) is 2. The van der Waals surface area contributed by atoms with Crippen LogP contribution in [-0.2, 0) is 0 Å². The van der Waals surface area contributed by atoms with Gasteiger partial charge in [-0.3, -0.25) is 0 Å². The molecule has 0 unspecified atom stereocenters. The molecule has 234 valence electrons. The lowest BCUT2D eigenvalue weighted by atomic mass is 9.92. The van der Waals surface area contributed by atoms with Crippen LogP contribution in [0.5, 0.6) is 0 Å². The molecule has 1 aromatic heterocycles. The lowest BCUT2D eigenvalue weighted by Crippen LogP contribution is -1.99. The molecule has 10 rings (SSSR count). The predicted octanol–water partition coefficient (Wildman–Crippen LogP) is 13.0. The second kappa shape index (κ2) is 11.6. The zero-order chi connectivity index (χ0) is 33.0. The highest BCUT2D eigenvalue weighted by molar-refractivity contribution is 6.26. The summed E-state index contributed by atoms with van der Waals surface area (Å²) < 4.78 is 6.63. The van der Waals surface area contributed by atoms with Crippen molar-refractivity contribution in [1.82, 2.24) is 0 Å². The summed E-state index contributed by atoms with van der Waals surface area (Å²) in [4.78, 5) is 5.33. The van der Waals surface area contributed by atoms with Gasteiger partial charge in [-0.25, -0.2) is 4.99 Å². The lowest BCUT2D eigenvalue weighted by Gasteiger charge is -2.12. The molecule has 1 aliphatic heterocycles. The Kier molecular flexibility index (Phi) is 6.60. The smallest absolute Gasteiger partial charge is 0.136 e. The molecule has 8 aromatic carbocycles. The molecule has 9 aromatic rings. The summed E-state index contributed by atoms with van der Waals surface area (Å²) in [6.07, 6.45) is 5.30. The zero-order valence-corrected chi connectivity index (χ0v) is 27.3. The van der Waals surface area contributed by atoms with Gasteiger partial charge in [-0.1, -0.05) is 146 Å². The number of rotatable bonds is 4. The van der Waals surface area contributed by atoms with Gasteiger partial charge < -0.3 is 4.42 Å². The highest BCUT2D eigenvalue weighted by Crippen LogP contribution is 2.40. The molecule has 0 atom stereocenters. The first kappa shape index (κ1) is 28.5. The van der Waals surface area contributed by atoms with Gasteiger partial charge in [0.25, 0.3) is 0 Å². The summed E-state index contributed by atoms with van der Waals surface area (Å²) in [5.74, 6) is 0. The molecule has 0 bridgehead atoms. The predicted molar refractivity (Wildman–Crippen MR) is 212 cm³/mol. The van der Waals surface area contributed by atoms with Crippen LogP contribution < -0.4 is 0 Å². The van der Waals surface area contributed by atoms with Gasteiger partial charge in [-0.05, 0) is 96.9 Å². The molecule has 2 nitrogen and oxygen atoms in total. The highest BCUT2D eigenvalue weighted by atomic mass is 16.3. The van der Waals surface area contributed by atoms with Gasteiger partial charge in [0.2, 0.25) is 0 Å². The Hall–Kier alpha value is -6.51. The fourth-order valence-electron chi connectivity index (χ4n) is 7.73. The second-order valence-corrected chi connectivity index (χ2v) is 13.0. The van der Waals surface area contributed by atoms with Crippen LogP contribution in [0.25, 0.3) is 76.7 Å². The highest BCUT2D eigenvalue weighted by Gasteiger charge is 2.18. The summed E-state index contributed by atoms with van der Waals surface area (Å²) in [7, 11) is 0. The van der Waals surface area contributed by atoms with Crippen molar-refractivity contribution in [1.29, 1.82) is 0 Å². The largest absolute Gasteiger partial charge is 0.456 e. The zero-order valence-electron chi connectivity index (χ0n) is 27.3. The number of hydrogen-bond donors (Lipinski definition) is 0. The Morgan fingerprint density at radius 2 is 1.00 bits per heavy atom. The molecule has 2 heteroatoms. The van der Waals surface area contributed by atoms with Crippen molar-refractivity contribution < 1.29 is 4.42 Å². The molecule has 0 spiro atoms. The third kappa shape index (κ3) is 4.69. The van der Waals surface area contributed by atoms with Gasteiger partial charge in [-0.15, -0.1) is 0 Å². The van der Waals surface area contributed by atoms with Gasteiger partial charge in [0.05, 0.1) is 11.4 Å². The summed E-state index contributed by atoms with van der Waals surface area (Å²) in [5.41, 5.74) is 10.6. The Morgan fingerprint density at radius 3 is 1.70 bits per heavy atom. The number of aliphatic imine (C=N–C) groups is 1. The van der Waals surface area contributed by atoms with Crippen molar-refractivity contribution >= 4 is 71.2 Å². The molecule has 1 aliphatic rings. The molecule has 50 heavy (non-hydrogen) atoms. The minimum absolute atomic E-state index is 0.795. The number of allylic oxidation sites excluding steroid dienone is 3. The maximum absolute atomic E-state index is 6.63. The molecule has 0 saturated heterocycles. The van der Waals surface area contributed by atoms with Crippen molar-refractivity contribution in [2.45, 2.75) is 6.42 Å². The van der Waals surface area contributed by atoms with E-state index in [1.54, 1.807) is 0 Å². The minimum Gasteiger partial charge on any atom is -0.456 e. The fourth-order valence-corrected chi connectivity index (χ4v) is 7.73. The average Bonchev–Trinajstić information content (AvgIpc) is 3.42. The maximum atomic E-state index is 6.63. The first-order valence-electron chi connectivity index (χ1n) is 17.2. The molecular formula is C48H31NO. The average molecular weight is 638 g/mol. The third-order valence-electron chi connectivity index (χ3n) is 10.1. The van der Waals surface area contributed by atoms with E-state index < -0.39 is 0 Å². The van der Waals surface area contributed by atoms with Gasteiger partial charge in [0.15, 0.2) is 0 Å². The maximum Gasteiger partial charge on any atom is 0.136 e. The van der Waals surface area contributed by atoms with Crippen LogP contribution in [0.3, 0.4) is 0 Å². The van der Waals surface area contributed by atoms with Crippen molar-refractivity contribution in [2.75, 3.05) is 0 Å². The Labute approximate surface area is 290 Å². The summed E-state index contributed by atoms with van der Waals surface area (Å²) in [5, 5.41) is 9.83. The van der Waals surface area contributed by atoms with E-state index in [2.05, 4.69) is 170 Å². The third-order valence-corrected chi connectivity index (χ3v) is 10.1. The SMILES string of the molecule is C1=C(c2ccccc2)CC=C(c2ccccc2)N=C1c1cccc2oc3cc(-c4ccc5c6ccccc6c6ccccc6c5c4)ccc3c12. The number of furan rings is 1. The molecule has 0 fully saturated rings. The number of benzene rings is 8. The van der Waals surface area contributed by atoms with E-state index in [1.807, 2.05) is 6.07 Å². The normalized spacial score (nSPS) is 13.5. The first-order chi connectivity index (χ1) is 24.8. The van der Waals surface area contributed by atoms with Crippen LogP contribution in [-0.4, -0.2) is 5.71 Å². The quantitative estimate of drug-likeness (QED) is 0.176. The molecule has 0 radical (unpaired) electrons. The molecular weight excluding hydrogens is 607 g/mol. The topological polar surface area (TPSA) is 25.5 Å². The molecule has 0 saturated carbocycles. The molecule has 0 aliphatic carbocycles. The van der Waals surface area contributed by atoms with Crippen LogP contribution in [0, 0.1) is 0 Å². The van der Waals surface area contributed by atoms with Crippen molar-refractivity contribution in [3.8, 4) is 11.1 Å². The lowest BCUT2D eigenvalue weighted by molar-refractivity contribution is 0.669. The molecule has 2 heterocycles.